The third kappa shape index (κ3) is 2.46. The zero-order valence-corrected chi connectivity index (χ0v) is 10.8. The van der Waals surface area contributed by atoms with Gasteiger partial charge < -0.3 is 0 Å². The van der Waals surface area contributed by atoms with E-state index < -0.39 is 0 Å². The van der Waals surface area contributed by atoms with Gasteiger partial charge in [0, 0.05) is 23.3 Å². The van der Waals surface area contributed by atoms with Crippen molar-refractivity contribution in [3.8, 4) is 0 Å². The number of aryl methyl sites for hydroxylation is 2. The Hall–Kier alpha value is -0.830. The summed E-state index contributed by atoms with van der Waals surface area (Å²) in [6.07, 6.45) is 1.74. The molecule has 2 nitrogen and oxygen atoms in total. The highest BCUT2D eigenvalue weighted by Gasteiger charge is 2.31. The Morgan fingerprint density at radius 2 is 2.12 bits per heavy atom. The fourth-order valence-electron chi connectivity index (χ4n) is 2.15. The molecule has 0 spiro atoms. The van der Waals surface area contributed by atoms with Gasteiger partial charge in [-0.05, 0) is 38.0 Å². The Balaban J connectivity index is 2.12. The van der Waals surface area contributed by atoms with Crippen molar-refractivity contribution in [1.29, 1.82) is 0 Å². The SMILES string of the molecule is Cc1cc(C)nc(SC2CCC(=O)C2C)c1. The van der Waals surface area contributed by atoms with E-state index in [0.717, 1.165) is 23.6 Å². The average molecular weight is 235 g/mol. The van der Waals surface area contributed by atoms with Gasteiger partial charge in [0.1, 0.15) is 5.78 Å². The van der Waals surface area contributed by atoms with Crippen molar-refractivity contribution in [1.82, 2.24) is 4.98 Å². The van der Waals surface area contributed by atoms with Crippen molar-refractivity contribution in [3.63, 3.8) is 0 Å². The normalized spacial score (nSPS) is 25.1. The number of nitrogens with zero attached hydrogens (tertiary/aromatic N) is 1. The van der Waals surface area contributed by atoms with Crippen molar-refractivity contribution in [2.75, 3.05) is 0 Å². The molecule has 0 N–H and O–H groups in total. The van der Waals surface area contributed by atoms with Gasteiger partial charge in [0.05, 0.1) is 5.03 Å². The molecule has 16 heavy (non-hydrogen) atoms. The molecule has 3 heteroatoms. The van der Waals surface area contributed by atoms with Crippen molar-refractivity contribution in [3.05, 3.63) is 23.4 Å². The molecule has 1 aromatic rings. The van der Waals surface area contributed by atoms with E-state index in [1.807, 2.05) is 13.8 Å². The number of rotatable bonds is 2. The fraction of sp³-hybridized carbons (Fsp3) is 0.538. The van der Waals surface area contributed by atoms with Gasteiger partial charge >= 0.3 is 0 Å². The maximum atomic E-state index is 11.5. The average Bonchev–Trinajstić information content (AvgIpc) is 2.48. The molecule has 2 unspecified atom stereocenters. The van der Waals surface area contributed by atoms with E-state index in [1.165, 1.54) is 5.56 Å². The summed E-state index contributed by atoms with van der Waals surface area (Å²) in [5.74, 6) is 0.592. The van der Waals surface area contributed by atoms with Gasteiger partial charge in [-0.3, -0.25) is 4.79 Å². The molecule has 0 amide bonds. The lowest BCUT2D eigenvalue weighted by atomic mass is 10.1. The molecule has 1 aliphatic carbocycles. The Labute approximate surface area is 101 Å². The van der Waals surface area contributed by atoms with Crippen molar-refractivity contribution < 1.29 is 4.79 Å². The number of Topliss-reactive ketones (excluding diaryl/α,β-unsaturated/α-hetero) is 1. The monoisotopic (exact) mass is 235 g/mol. The van der Waals surface area contributed by atoms with Crippen molar-refractivity contribution in [2.45, 2.75) is 43.9 Å². The van der Waals surface area contributed by atoms with Crippen LogP contribution >= 0.6 is 11.8 Å². The van der Waals surface area contributed by atoms with E-state index in [4.69, 9.17) is 0 Å². The number of ketones is 1. The molecular weight excluding hydrogens is 218 g/mol. The number of pyridine rings is 1. The third-order valence-corrected chi connectivity index (χ3v) is 4.48. The quantitative estimate of drug-likeness (QED) is 0.788. The van der Waals surface area contributed by atoms with Crippen LogP contribution in [0.2, 0.25) is 0 Å². The van der Waals surface area contributed by atoms with Gasteiger partial charge in [0.15, 0.2) is 0 Å². The Bertz CT molecular complexity index is 396. The minimum atomic E-state index is 0.188. The second-order valence-corrected chi connectivity index (χ2v) is 5.83. The van der Waals surface area contributed by atoms with Gasteiger partial charge in [-0.2, -0.15) is 0 Å². The van der Waals surface area contributed by atoms with Crippen LogP contribution in [0.25, 0.3) is 0 Å². The molecule has 0 bridgehead atoms. The fourth-order valence-corrected chi connectivity index (χ4v) is 3.50. The largest absolute Gasteiger partial charge is 0.299 e. The molecule has 0 aliphatic heterocycles. The molecule has 1 heterocycles. The number of aromatic nitrogens is 1. The summed E-state index contributed by atoms with van der Waals surface area (Å²) >= 11 is 1.76. The summed E-state index contributed by atoms with van der Waals surface area (Å²) < 4.78 is 0. The van der Waals surface area contributed by atoms with E-state index in [2.05, 4.69) is 24.0 Å². The Morgan fingerprint density at radius 1 is 1.38 bits per heavy atom. The molecular formula is C13H17NOS. The highest BCUT2D eigenvalue weighted by Crippen LogP contribution is 2.36. The summed E-state index contributed by atoms with van der Waals surface area (Å²) in [5.41, 5.74) is 2.30. The third-order valence-electron chi connectivity index (χ3n) is 3.09. The van der Waals surface area contributed by atoms with Gasteiger partial charge in [0.25, 0.3) is 0 Å². The molecule has 0 aromatic carbocycles. The van der Waals surface area contributed by atoms with Crippen molar-refractivity contribution >= 4 is 17.5 Å². The molecule has 86 valence electrons. The van der Waals surface area contributed by atoms with Gasteiger partial charge in [-0.25, -0.2) is 4.98 Å². The number of hydrogen-bond acceptors (Lipinski definition) is 3. The topological polar surface area (TPSA) is 30.0 Å². The second kappa shape index (κ2) is 4.58. The number of hydrogen-bond donors (Lipinski definition) is 0. The summed E-state index contributed by atoms with van der Waals surface area (Å²) in [7, 11) is 0. The molecule has 0 radical (unpaired) electrons. The first kappa shape index (κ1) is 11.6. The first-order chi connectivity index (χ1) is 7.56. The van der Waals surface area contributed by atoms with E-state index in [0.29, 0.717) is 11.0 Å². The van der Waals surface area contributed by atoms with Crippen LogP contribution in [0.4, 0.5) is 0 Å². The molecule has 1 aliphatic rings. The van der Waals surface area contributed by atoms with Crippen LogP contribution in [0.1, 0.15) is 31.0 Å². The standard InChI is InChI=1S/C13H17NOS/c1-8-6-9(2)14-13(7-8)16-12-5-4-11(15)10(12)3/h6-7,10,12H,4-5H2,1-3H3. The van der Waals surface area contributed by atoms with Crippen LogP contribution in [0, 0.1) is 19.8 Å². The summed E-state index contributed by atoms with van der Waals surface area (Å²) in [6, 6.07) is 4.18. The number of carbonyl (C=O) groups excluding carboxylic acids is 1. The lowest BCUT2D eigenvalue weighted by molar-refractivity contribution is -0.120. The summed E-state index contributed by atoms with van der Waals surface area (Å²) in [4.78, 5) is 16.0. The van der Waals surface area contributed by atoms with Crippen LogP contribution < -0.4 is 0 Å². The maximum Gasteiger partial charge on any atom is 0.136 e. The van der Waals surface area contributed by atoms with Gasteiger partial charge in [0.2, 0.25) is 0 Å². The summed E-state index contributed by atoms with van der Waals surface area (Å²) in [6.45, 7) is 6.14. The van der Waals surface area contributed by atoms with Crippen LogP contribution in [-0.2, 0) is 4.79 Å². The molecule has 1 aromatic heterocycles. The minimum absolute atomic E-state index is 0.188. The van der Waals surface area contributed by atoms with E-state index in [1.54, 1.807) is 11.8 Å². The molecule has 0 saturated heterocycles. The van der Waals surface area contributed by atoms with E-state index >= 15 is 0 Å². The zero-order valence-electron chi connectivity index (χ0n) is 9.99. The van der Waals surface area contributed by atoms with Crippen molar-refractivity contribution in [2.24, 2.45) is 5.92 Å². The smallest absolute Gasteiger partial charge is 0.136 e. The highest BCUT2D eigenvalue weighted by molar-refractivity contribution is 7.99. The summed E-state index contributed by atoms with van der Waals surface area (Å²) in [5, 5.41) is 1.48. The Kier molecular flexibility index (Phi) is 3.33. The predicted octanol–water partition coefficient (Wildman–Crippen LogP) is 3.16. The first-order valence-electron chi connectivity index (χ1n) is 5.71. The van der Waals surface area contributed by atoms with E-state index in [9.17, 15) is 4.79 Å². The van der Waals surface area contributed by atoms with Crippen LogP contribution in [-0.4, -0.2) is 16.0 Å². The Morgan fingerprint density at radius 3 is 2.69 bits per heavy atom. The lowest BCUT2D eigenvalue weighted by Crippen LogP contribution is -2.12. The molecule has 2 atom stereocenters. The molecule has 2 rings (SSSR count). The van der Waals surface area contributed by atoms with Gasteiger partial charge in [-0.1, -0.05) is 6.92 Å². The van der Waals surface area contributed by atoms with Crippen LogP contribution in [0.5, 0.6) is 0 Å². The second-order valence-electron chi connectivity index (χ2n) is 4.57. The van der Waals surface area contributed by atoms with E-state index in [-0.39, 0.29) is 5.92 Å². The zero-order chi connectivity index (χ0) is 11.7. The molecule has 1 saturated carbocycles. The van der Waals surface area contributed by atoms with Gasteiger partial charge in [-0.15, -0.1) is 11.8 Å². The predicted molar refractivity (Wildman–Crippen MR) is 66.8 cm³/mol. The number of thioether (sulfide) groups is 1. The number of carbonyl (C=O) groups is 1. The first-order valence-corrected chi connectivity index (χ1v) is 6.59. The minimum Gasteiger partial charge on any atom is -0.299 e. The highest BCUT2D eigenvalue weighted by atomic mass is 32.2. The lowest BCUT2D eigenvalue weighted by Gasteiger charge is -2.13. The van der Waals surface area contributed by atoms with Crippen LogP contribution in [0.3, 0.4) is 0 Å². The molecule has 1 fully saturated rings. The maximum absolute atomic E-state index is 11.5. The van der Waals surface area contributed by atoms with Crippen LogP contribution in [0.15, 0.2) is 17.2 Å².